The van der Waals surface area contributed by atoms with Gasteiger partial charge in [0.15, 0.2) is 5.65 Å². The number of likely N-dealkylation sites (tertiary alicyclic amines) is 1. The van der Waals surface area contributed by atoms with Crippen LogP contribution in [0.2, 0.25) is 0 Å². The smallest absolute Gasteiger partial charge is 0.272 e. The summed E-state index contributed by atoms with van der Waals surface area (Å²) in [5.41, 5.74) is 2.45. The summed E-state index contributed by atoms with van der Waals surface area (Å²) in [6.45, 7) is 6.70. The summed E-state index contributed by atoms with van der Waals surface area (Å²) in [5.74, 6) is -0.0924. The minimum Gasteiger partial charge on any atom is -0.375 e. The highest BCUT2D eigenvalue weighted by Gasteiger charge is 2.42. The summed E-state index contributed by atoms with van der Waals surface area (Å²) in [6, 6.07) is 3.66. The van der Waals surface area contributed by atoms with E-state index in [1.807, 2.05) is 24.8 Å². The molecule has 2 saturated heterocycles. The molecule has 0 atom stereocenters. The van der Waals surface area contributed by atoms with Crippen molar-refractivity contribution in [3.05, 3.63) is 29.2 Å². The van der Waals surface area contributed by atoms with Gasteiger partial charge in [-0.1, -0.05) is 0 Å². The van der Waals surface area contributed by atoms with Gasteiger partial charge >= 0.3 is 0 Å². The van der Waals surface area contributed by atoms with Crippen molar-refractivity contribution in [3.63, 3.8) is 0 Å². The van der Waals surface area contributed by atoms with Crippen molar-refractivity contribution in [2.24, 2.45) is 0 Å². The first-order valence-corrected chi connectivity index (χ1v) is 9.95. The molecule has 2 aromatic rings. The van der Waals surface area contributed by atoms with E-state index >= 15 is 0 Å². The topological polar surface area (TPSA) is 89.3 Å². The van der Waals surface area contributed by atoms with E-state index in [1.54, 1.807) is 15.5 Å². The molecular formula is C20H27N5O4. The Labute approximate surface area is 169 Å². The third-order valence-corrected chi connectivity index (χ3v) is 5.78. The van der Waals surface area contributed by atoms with E-state index < -0.39 is 5.60 Å². The van der Waals surface area contributed by atoms with Crippen molar-refractivity contribution in [2.45, 2.75) is 32.3 Å². The standard InChI is InChI=1S/C20H27N5O4/c1-14-10-17-21-16(11-15(2)25(17)22-14)19(27)24-8-9-29-20(13-24)4-6-23(7-5-20)18(26)12-28-3/h10-11H,4-9,12-13H2,1-3H3. The van der Waals surface area contributed by atoms with E-state index in [4.69, 9.17) is 9.47 Å². The number of amides is 2. The monoisotopic (exact) mass is 401 g/mol. The van der Waals surface area contributed by atoms with Crippen molar-refractivity contribution in [1.82, 2.24) is 24.4 Å². The van der Waals surface area contributed by atoms with Gasteiger partial charge in [0.2, 0.25) is 5.91 Å². The predicted octanol–water partition coefficient (Wildman–Crippen LogP) is 0.826. The normalized spacial score (nSPS) is 19.1. The van der Waals surface area contributed by atoms with Crippen molar-refractivity contribution in [2.75, 3.05) is 46.5 Å². The van der Waals surface area contributed by atoms with Crippen molar-refractivity contribution < 1.29 is 19.1 Å². The van der Waals surface area contributed by atoms with Crippen LogP contribution in [0.5, 0.6) is 0 Å². The van der Waals surface area contributed by atoms with Gasteiger partial charge in [-0.25, -0.2) is 9.50 Å². The Morgan fingerprint density at radius 3 is 2.66 bits per heavy atom. The van der Waals surface area contributed by atoms with Crippen LogP contribution in [-0.2, 0) is 14.3 Å². The number of aromatic nitrogens is 3. The summed E-state index contributed by atoms with van der Waals surface area (Å²) in [5, 5.41) is 4.40. The lowest BCUT2D eigenvalue weighted by Gasteiger charge is -2.47. The highest BCUT2D eigenvalue weighted by Crippen LogP contribution is 2.31. The number of carbonyl (C=O) groups is 2. The van der Waals surface area contributed by atoms with Gasteiger partial charge in [0.05, 0.1) is 24.4 Å². The number of hydrogen-bond acceptors (Lipinski definition) is 6. The number of ether oxygens (including phenoxy) is 2. The lowest BCUT2D eigenvalue weighted by molar-refractivity contribution is -0.149. The molecule has 29 heavy (non-hydrogen) atoms. The molecule has 2 aromatic heterocycles. The Morgan fingerprint density at radius 2 is 1.93 bits per heavy atom. The van der Waals surface area contributed by atoms with E-state index in [0.717, 1.165) is 11.4 Å². The minimum absolute atomic E-state index is 0.00447. The van der Waals surface area contributed by atoms with E-state index in [2.05, 4.69) is 10.1 Å². The summed E-state index contributed by atoms with van der Waals surface area (Å²) in [4.78, 5) is 33.4. The SMILES string of the molecule is COCC(=O)N1CCC2(CC1)CN(C(=O)c1cc(C)n3nc(C)cc3n1)CCO2. The highest BCUT2D eigenvalue weighted by molar-refractivity contribution is 5.93. The Hall–Kier alpha value is -2.52. The molecule has 4 heterocycles. The van der Waals surface area contributed by atoms with Crippen molar-refractivity contribution in [1.29, 1.82) is 0 Å². The molecule has 0 aliphatic carbocycles. The molecule has 0 saturated carbocycles. The number of piperidine rings is 1. The number of methoxy groups -OCH3 is 1. The minimum atomic E-state index is -0.399. The third-order valence-electron chi connectivity index (χ3n) is 5.78. The van der Waals surface area contributed by atoms with Crippen LogP contribution >= 0.6 is 0 Å². The Morgan fingerprint density at radius 1 is 1.17 bits per heavy atom. The molecule has 2 amide bonds. The van der Waals surface area contributed by atoms with E-state index in [0.29, 0.717) is 57.0 Å². The van der Waals surface area contributed by atoms with Gasteiger partial charge in [0.1, 0.15) is 12.3 Å². The molecule has 0 unspecified atom stereocenters. The second kappa shape index (κ2) is 7.72. The zero-order valence-electron chi connectivity index (χ0n) is 17.2. The summed E-state index contributed by atoms with van der Waals surface area (Å²) in [7, 11) is 1.52. The van der Waals surface area contributed by atoms with Crippen LogP contribution < -0.4 is 0 Å². The fraction of sp³-hybridized carbons (Fsp3) is 0.600. The largest absolute Gasteiger partial charge is 0.375 e. The number of rotatable bonds is 3. The Balaban J connectivity index is 1.47. The van der Waals surface area contributed by atoms with Crippen LogP contribution in [0.3, 0.4) is 0 Å². The zero-order valence-corrected chi connectivity index (χ0v) is 17.2. The number of fused-ring (bicyclic) bond motifs is 1. The van der Waals surface area contributed by atoms with E-state index in [9.17, 15) is 9.59 Å². The first kappa shape index (κ1) is 19.8. The number of aryl methyl sites for hydroxylation is 2. The summed E-state index contributed by atoms with van der Waals surface area (Å²) < 4.78 is 12.8. The average molecular weight is 401 g/mol. The lowest BCUT2D eigenvalue weighted by atomic mass is 9.89. The predicted molar refractivity (Wildman–Crippen MR) is 105 cm³/mol. The first-order valence-electron chi connectivity index (χ1n) is 9.95. The van der Waals surface area contributed by atoms with Crippen molar-refractivity contribution in [3.8, 4) is 0 Å². The average Bonchev–Trinajstić information content (AvgIpc) is 3.09. The third kappa shape index (κ3) is 3.84. The Kier molecular flexibility index (Phi) is 5.26. The van der Waals surface area contributed by atoms with E-state index in [1.165, 1.54) is 7.11 Å². The van der Waals surface area contributed by atoms with Gasteiger partial charge in [-0.2, -0.15) is 5.10 Å². The maximum Gasteiger partial charge on any atom is 0.272 e. The molecule has 2 aliphatic heterocycles. The summed E-state index contributed by atoms with van der Waals surface area (Å²) in [6.07, 6.45) is 1.42. The van der Waals surface area contributed by atoms with Crippen LogP contribution in [0.1, 0.15) is 34.7 Å². The second-order valence-electron chi connectivity index (χ2n) is 7.91. The molecule has 1 spiro atoms. The Bertz CT molecular complexity index is 932. The van der Waals surface area contributed by atoms with Gasteiger partial charge in [-0.15, -0.1) is 0 Å². The van der Waals surface area contributed by atoms with Crippen LogP contribution in [0.25, 0.3) is 5.65 Å². The number of nitrogens with zero attached hydrogens (tertiary/aromatic N) is 5. The van der Waals surface area contributed by atoms with Crippen LogP contribution in [-0.4, -0.2) is 88.3 Å². The molecule has 0 aromatic carbocycles. The van der Waals surface area contributed by atoms with Gasteiger partial charge in [-0.05, 0) is 32.8 Å². The second-order valence-corrected chi connectivity index (χ2v) is 7.91. The van der Waals surface area contributed by atoms with Gasteiger partial charge in [0, 0.05) is 38.5 Å². The highest BCUT2D eigenvalue weighted by atomic mass is 16.5. The lowest BCUT2D eigenvalue weighted by Crippen LogP contribution is -2.58. The maximum atomic E-state index is 13.2. The number of morpholine rings is 1. The van der Waals surface area contributed by atoms with Crippen LogP contribution in [0.4, 0.5) is 0 Å². The fourth-order valence-corrected chi connectivity index (χ4v) is 4.21. The molecule has 0 N–H and O–H groups in total. The molecule has 2 aliphatic rings. The van der Waals surface area contributed by atoms with Gasteiger partial charge in [0.25, 0.3) is 5.91 Å². The van der Waals surface area contributed by atoms with Gasteiger partial charge < -0.3 is 19.3 Å². The van der Waals surface area contributed by atoms with E-state index in [-0.39, 0.29) is 18.4 Å². The summed E-state index contributed by atoms with van der Waals surface area (Å²) >= 11 is 0. The molecule has 0 bridgehead atoms. The molecule has 4 rings (SSSR count). The van der Waals surface area contributed by atoms with Crippen LogP contribution in [0.15, 0.2) is 12.1 Å². The van der Waals surface area contributed by atoms with Crippen LogP contribution in [0, 0.1) is 13.8 Å². The molecule has 9 nitrogen and oxygen atoms in total. The molecule has 156 valence electrons. The van der Waals surface area contributed by atoms with Gasteiger partial charge in [-0.3, -0.25) is 9.59 Å². The fourth-order valence-electron chi connectivity index (χ4n) is 4.21. The zero-order chi connectivity index (χ0) is 20.6. The number of hydrogen-bond donors (Lipinski definition) is 0. The number of carbonyl (C=O) groups excluding carboxylic acids is 2. The van der Waals surface area contributed by atoms with Crippen molar-refractivity contribution >= 4 is 17.5 Å². The quantitative estimate of drug-likeness (QED) is 0.757. The molecule has 2 fully saturated rings. The maximum absolute atomic E-state index is 13.2. The molecule has 9 heteroatoms. The molecule has 0 radical (unpaired) electrons. The molecular weight excluding hydrogens is 374 g/mol. The first-order chi connectivity index (χ1) is 13.9.